The van der Waals surface area contributed by atoms with E-state index in [-0.39, 0.29) is 5.91 Å². The third-order valence-corrected chi connectivity index (χ3v) is 2.67. The minimum Gasteiger partial charge on any atom is -0.320 e. The van der Waals surface area contributed by atoms with Crippen LogP contribution in [0, 0.1) is 0 Å². The highest BCUT2D eigenvalue weighted by atomic mass is 16.1. The fraction of sp³-hybridized carbons (Fsp3) is 0. The molecule has 2 heterocycles. The molecule has 0 aliphatic carbocycles. The summed E-state index contributed by atoms with van der Waals surface area (Å²) >= 11 is 0. The minimum atomic E-state index is -0.216. The van der Waals surface area contributed by atoms with Crippen molar-refractivity contribution < 1.29 is 4.79 Å². The number of carbonyl (C=O) groups is 1. The van der Waals surface area contributed by atoms with Crippen LogP contribution in [-0.2, 0) is 0 Å². The number of benzene rings is 1. The third-order valence-electron chi connectivity index (χ3n) is 2.67. The van der Waals surface area contributed by atoms with Gasteiger partial charge in [-0.1, -0.05) is 6.07 Å². The molecule has 92 valence electrons. The molecule has 0 aliphatic rings. The Morgan fingerprint density at radius 2 is 1.89 bits per heavy atom. The van der Waals surface area contributed by atoms with Crippen LogP contribution in [0.15, 0.2) is 55.1 Å². The molecule has 0 fully saturated rings. The Morgan fingerprint density at radius 1 is 1.00 bits per heavy atom. The van der Waals surface area contributed by atoms with Gasteiger partial charge in [0.2, 0.25) is 0 Å². The number of aromatic nitrogens is 3. The Hall–Kier alpha value is -2.82. The molecule has 0 atom stereocenters. The van der Waals surface area contributed by atoms with Gasteiger partial charge in [0.15, 0.2) is 0 Å². The molecule has 0 unspecified atom stereocenters. The largest absolute Gasteiger partial charge is 0.320 e. The van der Waals surface area contributed by atoms with Gasteiger partial charge in [0.25, 0.3) is 5.91 Å². The molecule has 3 rings (SSSR count). The van der Waals surface area contributed by atoms with Crippen molar-refractivity contribution in [2.75, 3.05) is 5.32 Å². The maximum atomic E-state index is 12.1. The lowest BCUT2D eigenvalue weighted by molar-refractivity contribution is 0.102. The average Bonchev–Trinajstić information content (AvgIpc) is 2.48. The average molecular weight is 250 g/mol. The summed E-state index contributed by atoms with van der Waals surface area (Å²) < 4.78 is 0. The zero-order chi connectivity index (χ0) is 13.1. The van der Waals surface area contributed by atoms with Crippen molar-refractivity contribution in [3.8, 4) is 0 Å². The number of nitrogens with one attached hydrogen (secondary N) is 1. The number of rotatable bonds is 2. The highest BCUT2D eigenvalue weighted by Gasteiger charge is 2.08. The second-order valence-electron chi connectivity index (χ2n) is 3.93. The summed E-state index contributed by atoms with van der Waals surface area (Å²) in [5.41, 5.74) is 2.55. The Labute approximate surface area is 109 Å². The molecule has 1 aromatic carbocycles. The number of hydrogen-bond acceptors (Lipinski definition) is 4. The molecule has 1 N–H and O–H groups in total. The van der Waals surface area contributed by atoms with Crippen molar-refractivity contribution >= 4 is 22.6 Å². The van der Waals surface area contributed by atoms with Crippen molar-refractivity contribution in [2.24, 2.45) is 0 Å². The number of para-hydroxylation sites is 1. The van der Waals surface area contributed by atoms with Crippen LogP contribution in [0.4, 0.5) is 5.69 Å². The van der Waals surface area contributed by atoms with Crippen LogP contribution in [-0.4, -0.2) is 20.9 Å². The van der Waals surface area contributed by atoms with Gasteiger partial charge in [-0.05, 0) is 24.3 Å². The first-order chi connectivity index (χ1) is 9.34. The minimum absolute atomic E-state index is 0.216. The molecule has 1 amide bonds. The van der Waals surface area contributed by atoms with E-state index < -0.39 is 0 Å². The van der Waals surface area contributed by atoms with Gasteiger partial charge in [0.1, 0.15) is 5.52 Å². The van der Waals surface area contributed by atoms with E-state index in [1.807, 2.05) is 12.1 Å². The van der Waals surface area contributed by atoms with Crippen molar-refractivity contribution in [3.05, 3.63) is 60.7 Å². The van der Waals surface area contributed by atoms with E-state index in [0.717, 1.165) is 5.52 Å². The first-order valence-electron chi connectivity index (χ1n) is 5.76. The summed E-state index contributed by atoms with van der Waals surface area (Å²) in [7, 11) is 0. The first-order valence-corrected chi connectivity index (χ1v) is 5.76. The van der Waals surface area contributed by atoms with Gasteiger partial charge in [0.05, 0.1) is 16.8 Å². The monoisotopic (exact) mass is 250 g/mol. The lowest BCUT2D eigenvalue weighted by atomic mass is 10.2. The molecule has 0 saturated carbocycles. The van der Waals surface area contributed by atoms with E-state index in [0.29, 0.717) is 16.8 Å². The summed E-state index contributed by atoms with van der Waals surface area (Å²) in [4.78, 5) is 24.4. The standard InChI is InChI=1S/C14H10N4O/c19-14(10-3-2-6-15-9-10)18-12-5-1-4-11-13(12)17-8-7-16-11/h1-9H,(H,18,19). The zero-order valence-electron chi connectivity index (χ0n) is 9.95. The maximum Gasteiger partial charge on any atom is 0.257 e. The summed E-state index contributed by atoms with van der Waals surface area (Å²) in [5, 5.41) is 2.82. The van der Waals surface area contributed by atoms with Gasteiger partial charge >= 0.3 is 0 Å². The predicted octanol–water partition coefficient (Wildman–Crippen LogP) is 2.28. The van der Waals surface area contributed by atoms with Crippen LogP contribution in [0.1, 0.15) is 10.4 Å². The Kier molecular flexibility index (Phi) is 2.86. The number of hydrogen-bond donors (Lipinski definition) is 1. The molecular formula is C14H10N4O. The quantitative estimate of drug-likeness (QED) is 0.757. The van der Waals surface area contributed by atoms with Crippen molar-refractivity contribution in [1.82, 2.24) is 15.0 Å². The second-order valence-corrected chi connectivity index (χ2v) is 3.93. The fourth-order valence-corrected chi connectivity index (χ4v) is 1.79. The van der Waals surface area contributed by atoms with E-state index in [2.05, 4.69) is 20.3 Å². The van der Waals surface area contributed by atoms with Gasteiger partial charge in [-0.3, -0.25) is 19.7 Å². The number of nitrogens with zero attached hydrogens (tertiary/aromatic N) is 3. The van der Waals surface area contributed by atoms with Crippen LogP contribution in [0.25, 0.3) is 11.0 Å². The molecule has 0 aliphatic heterocycles. The molecule has 0 bridgehead atoms. The Bertz CT molecular complexity index is 722. The summed E-state index contributed by atoms with van der Waals surface area (Å²) in [6.45, 7) is 0. The highest BCUT2D eigenvalue weighted by Crippen LogP contribution is 2.19. The molecule has 5 nitrogen and oxygen atoms in total. The lowest BCUT2D eigenvalue weighted by Gasteiger charge is -2.07. The lowest BCUT2D eigenvalue weighted by Crippen LogP contribution is -2.12. The second kappa shape index (κ2) is 4.81. The van der Waals surface area contributed by atoms with Crippen molar-refractivity contribution in [3.63, 3.8) is 0 Å². The molecule has 0 spiro atoms. The van der Waals surface area contributed by atoms with E-state index in [1.54, 1.807) is 36.8 Å². The summed E-state index contributed by atoms with van der Waals surface area (Å²) in [6, 6.07) is 8.90. The molecular weight excluding hydrogens is 240 g/mol. The molecule has 0 radical (unpaired) electrons. The number of pyridine rings is 1. The number of fused-ring (bicyclic) bond motifs is 1. The zero-order valence-corrected chi connectivity index (χ0v) is 9.95. The predicted molar refractivity (Wildman–Crippen MR) is 71.7 cm³/mol. The van der Waals surface area contributed by atoms with Crippen molar-refractivity contribution in [2.45, 2.75) is 0 Å². The number of amides is 1. The van der Waals surface area contributed by atoms with Crippen LogP contribution in [0.5, 0.6) is 0 Å². The topological polar surface area (TPSA) is 67.8 Å². The highest BCUT2D eigenvalue weighted by molar-refractivity contribution is 6.07. The summed E-state index contributed by atoms with van der Waals surface area (Å²) in [5.74, 6) is -0.216. The van der Waals surface area contributed by atoms with Crippen LogP contribution < -0.4 is 5.32 Å². The van der Waals surface area contributed by atoms with E-state index >= 15 is 0 Å². The smallest absolute Gasteiger partial charge is 0.257 e. The molecule has 2 aromatic heterocycles. The van der Waals surface area contributed by atoms with Gasteiger partial charge in [-0.15, -0.1) is 0 Å². The summed E-state index contributed by atoms with van der Waals surface area (Å²) in [6.07, 6.45) is 6.36. The first kappa shape index (κ1) is 11.3. The van der Waals surface area contributed by atoms with Gasteiger partial charge < -0.3 is 5.32 Å². The van der Waals surface area contributed by atoms with Crippen LogP contribution >= 0.6 is 0 Å². The van der Waals surface area contributed by atoms with E-state index in [4.69, 9.17) is 0 Å². The van der Waals surface area contributed by atoms with Gasteiger partial charge in [-0.2, -0.15) is 0 Å². The molecule has 5 heteroatoms. The molecule has 19 heavy (non-hydrogen) atoms. The number of anilines is 1. The Balaban J connectivity index is 1.96. The van der Waals surface area contributed by atoms with E-state index in [9.17, 15) is 4.79 Å². The molecule has 0 saturated heterocycles. The van der Waals surface area contributed by atoms with Gasteiger partial charge in [-0.25, -0.2) is 0 Å². The number of carbonyl (C=O) groups excluding carboxylic acids is 1. The van der Waals surface area contributed by atoms with Crippen molar-refractivity contribution in [1.29, 1.82) is 0 Å². The fourth-order valence-electron chi connectivity index (χ4n) is 1.79. The van der Waals surface area contributed by atoms with E-state index in [1.165, 1.54) is 6.20 Å². The van der Waals surface area contributed by atoms with Crippen LogP contribution in [0.3, 0.4) is 0 Å². The van der Waals surface area contributed by atoms with Crippen LogP contribution in [0.2, 0.25) is 0 Å². The normalized spacial score (nSPS) is 10.3. The maximum absolute atomic E-state index is 12.1. The SMILES string of the molecule is O=C(Nc1cccc2nccnc12)c1cccnc1. The van der Waals surface area contributed by atoms with Gasteiger partial charge in [0, 0.05) is 24.8 Å². The third kappa shape index (κ3) is 2.26. The Morgan fingerprint density at radius 3 is 2.74 bits per heavy atom. The molecule has 3 aromatic rings.